The summed E-state index contributed by atoms with van der Waals surface area (Å²) in [7, 11) is 2.59. The summed E-state index contributed by atoms with van der Waals surface area (Å²) in [6.45, 7) is 8.87. The second kappa shape index (κ2) is 17.6. The molecule has 0 radical (unpaired) electrons. The lowest BCUT2D eigenvalue weighted by Gasteiger charge is -2.30. The van der Waals surface area contributed by atoms with E-state index in [0.29, 0.717) is 13.1 Å². The van der Waals surface area contributed by atoms with E-state index in [1.54, 1.807) is 0 Å². The van der Waals surface area contributed by atoms with Crippen LogP contribution in [0.3, 0.4) is 0 Å². The number of nitrogens with zero attached hydrogens (tertiary/aromatic N) is 4. The van der Waals surface area contributed by atoms with E-state index in [2.05, 4.69) is 49.9 Å². The van der Waals surface area contributed by atoms with Crippen molar-refractivity contribution >= 4 is 24.0 Å². The summed E-state index contributed by atoms with van der Waals surface area (Å²) < 4.78 is 9.48. The van der Waals surface area contributed by atoms with Crippen molar-refractivity contribution in [3.8, 4) is 0 Å². The normalized spacial score (nSPS) is 18.5. The Labute approximate surface area is 305 Å². The third-order valence-corrected chi connectivity index (χ3v) is 10.2. The number of amides is 4. The van der Waals surface area contributed by atoms with Crippen molar-refractivity contribution in [1.82, 2.24) is 40.4 Å². The van der Waals surface area contributed by atoms with Crippen molar-refractivity contribution < 1.29 is 28.7 Å². The molecule has 3 aromatic rings. The number of carbonyl (C=O) groups is 4. The Balaban J connectivity index is 1.11. The zero-order valence-electron chi connectivity index (χ0n) is 31.2. The van der Waals surface area contributed by atoms with Gasteiger partial charge in [-0.25, -0.2) is 19.6 Å². The first-order chi connectivity index (χ1) is 25.0. The van der Waals surface area contributed by atoms with Crippen LogP contribution in [0.4, 0.5) is 9.59 Å². The topological polar surface area (TPSA) is 175 Å². The van der Waals surface area contributed by atoms with Crippen molar-refractivity contribution in [3.05, 3.63) is 70.8 Å². The van der Waals surface area contributed by atoms with Gasteiger partial charge in [-0.3, -0.25) is 9.59 Å². The quantitative estimate of drug-likeness (QED) is 0.184. The summed E-state index contributed by atoms with van der Waals surface area (Å²) in [6, 6.07) is 7.02. The molecule has 2 saturated heterocycles. The first-order valence-electron chi connectivity index (χ1n) is 18.4. The summed E-state index contributed by atoms with van der Waals surface area (Å²) >= 11 is 0. The molecular formula is C38H54N8O6. The lowest BCUT2D eigenvalue weighted by atomic mass is 10.0. The maximum absolute atomic E-state index is 13.4. The van der Waals surface area contributed by atoms with E-state index in [9.17, 15) is 19.2 Å². The van der Waals surface area contributed by atoms with Gasteiger partial charge in [-0.05, 0) is 74.3 Å². The predicted molar refractivity (Wildman–Crippen MR) is 194 cm³/mol. The molecule has 0 spiro atoms. The SMILES string of the molecule is COC(=O)N[C@H](C(=O)N1CCC[C@H]1c1nc(CCc2ccc(CCc3cnc([C@@H]4CCCN4C(=O)[C@@H](NC(=O)OC)C(C)C)[nH]3)cc2)c[nH]1)C(C)C. The molecule has 1 aromatic carbocycles. The highest BCUT2D eigenvalue weighted by Gasteiger charge is 2.39. The van der Waals surface area contributed by atoms with Gasteiger partial charge in [-0.1, -0.05) is 52.0 Å². The van der Waals surface area contributed by atoms with Crippen molar-refractivity contribution in [2.24, 2.45) is 11.8 Å². The van der Waals surface area contributed by atoms with Gasteiger partial charge < -0.3 is 39.9 Å². The summed E-state index contributed by atoms with van der Waals surface area (Å²) in [4.78, 5) is 70.6. The van der Waals surface area contributed by atoms with Gasteiger partial charge in [0.25, 0.3) is 0 Å². The maximum Gasteiger partial charge on any atom is 0.407 e. The average Bonchev–Trinajstić information content (AvgIpc) is 3.97. The summed E-state index contributed by atoms with van der Waals surface area (Å²) in [5, 5.41) is 5.39. The van der Waals surface area contributed by atoms with Crippen molar-refractivity contribution in [1.29, 1.82) is 0 Å². The Hall–Kier alpha value is -4.88. The monoisotopic (exact) mass is 718 g/mol. The molecule has 2 aliphatic rings. The van der Waals surface area contributed by atoms with Crippen LogP contribution in [0.1, 0.15) is 99.6 Å². The molecule has 5 rings (SSSR count). The summed E-state index contributed by atoms with van der Waals surface area (Å²) in [5.41, 5.74) is 4.41. The summed E-state index contributed by atoms with van der Waals surface area (Å²) in [6.07, 6.45) is 9.19. The number of alkyl carbamates (subject to hydrolysis) is 2. The van der Waals surface area contributed by atoms with Crippen LogP contribution in [-0.4, -0.2) is 93.1 Å². The van der Waals surface area contributed by atoms with E-state index in [1.165, 1.54) is 25.3 Å². The predicted octanol–water partition coefficient (Wildman–Crippen LogP) is 4.79. The molecule has 0 aliphatic carbocycles. The number of aryl methyl sites for hydroxylation is 4. The van der Waals surface area contributed by atoms with E-state index in [-0.39, 0.29) is 35.7 Å². The number of methoxy groups -OCH3 is 2. The maximum atomic E-state index is 13.4. The zero-order valence-corrected chi connectivity index (χ0v) is 31.2. The van der Waals surface area contributed by atoms with Crippen LogP contribution in [0.25, 0.3) is 0 Å². The number of nitrogens with one attached hydrogen (secondary N) is 4. The Kier molecular flexibility index (Phi) is 13.0. The Morgan fingerprint density at radius 1 is 0.769 bits per heavy atom. The van der Waals surface area contributed by atoms with E-state index in [4.69, 9.17) is 14.5 Å². The smallest absolute Gasteiger partial charge is 0.407 e. The second-order valence-electron chi connectivity index (χ2n) is 14.5. The molecule has 2 aliphatic heterocycles. The van der Waals surface area contributed by atoms with Gasteiger partial charge in [0.05, 0.1) is 32.0 Å². The second-order valence-corrected chi connectivity index (χ2v) is 14.5. The molecule has 2 fully saturated rings. The van der Waals surface area contributed by atoms with Gasteiger partial charge in [0, 0.05) is 31.2 Å². The fourth-order valence-corrected chi connectivity index (χ4v) is 7.16. The van der Waals surface area contributed by atoms with Crippen molar-refractivity contribution in [3.63, 3.8) is 0 Å². The van der Waals surface area contributed by atoms with Gasteiger partial charge in [-0.2, -0.15) is 0 Å². The molecule has 52 heavy (non-hydrogen) atoms. The van der Waals surface area contributed by atoms with Gasteiger partial charge in [-0.15, -0.1) is 0 Å². The Bertz CT molecular complexity index is 1550. The van der Waals surface area contributed by atoms with E-state index < -0.39 is 24.3 Å². The minimum atomic E-state index is -0.663. The molecule has 4 atom stereocenters. The van der Waals surface area contributed by atoms with Crippen molar-refractivity contribution in [2.45, 2.75) is 103 Å². The van der Waals surface area contributed by atoms with Crippen LogP contribution in [0, 0.1) is 11.8 Å². The van der Waals surface area contributed by atoms with Crippen LogP contribution < -0.4 is 10.6 Å². The number of benzene rings is 1. The Morgan fingerprint density at radius 2 is 1.27 bits per heavy atom. The van der Waals surface area contributed by atoms with Crippen LogP contribution in [0.2, 0.25) is 0 Å². The lowest BCUT2D eigenvalue weighted by Crippen LogP contribution is -2.51. The molecule has 4 N–H and O–H groups in total. The highest BCUT2D eigenvalue weighted by Crippen LogP contribution is 2.33. The minimum Gasteiger partial charge on any atom is -0.453 e. The minimum absolute atomic E-state index is 0.0841. The fourth-order valence-electron chi connectivity index (χ4n) is 7.16. The van der Waals surface area contributed by atoms with Gasteiger partial charge in [0.1, 0.15) is 23.7 Å². The third kappa shape index (κ3) is 9.31. The first kappa shape index (κ1) is 38.4. The number of aromatic nitrogens is 4. The zero-order chi connectivity index (χ0) is 37.4. The lowest BCUT2D eigenvalue weighted by molar-refractivity contribution is -0.136. The standard InChI is InChI=1S/C38H54N8O6/c1-23(2)31(43-37(49)51-5)35(47)45-19-7-9-29(45)33-39-21-27(41-33)17-15-25-11-13-26(14-12-25)16-18-28-22-40-34(42-28)30-10-8-20-46(30)36(48)32(24(3)4)44-38(50)52-6/h11-14,21-24,29-32H,7-10,15-20H2,1-6H3,(H,39,41)(H,40,42)(H,43,49)(H,44,50)/t29-,30-,31-,32-/m0/s1. The molecule has 2 aromatic heterocycles. The molecule has 4 heterocycles. The number of H-pyrrole nitrogens is 2. The van der Waals surface area contributed by atoms with Crippen LogP contribution in [0.15, 0.2) is 36.7 Å². The molecule has 282 valence electrons. The molecule has 0 saturated carbocycles. The number of hydrogen-bond donors (Lipinski definition) is 4. The van der Waals surface area contributed by atoms with Crippen LogP contribution in [-0.2, 0) is 44.7 Å². The number of likely N-dealkylation sites (tertiary alicyclic amines) is 2. The number of carbonyl (C=O) groups excluding carboxylic acids is 4. The van der Waals surface area contributed by atoms with E-state index in [1.807, 2.05) is 49.9 Å². The highest BCUT2D eigenvalue weighted by atomic mass is 16.5. The third-order valence-electron chi connectivity index (χ3n) is 10.2. The van der Waals surface area contributed by atoms with Gasteiger partial charge in [0.2, 0.25) is 11.8 Å². The number of imidazole rings is 2. The molecule has 0 unspecified atom stereocenters. The molecule has 14 heteroatoms. The van der Waals surface area contributed by atoms with Gasteiger partial charge in [0.15, 0.2) is 0 Å². The Morgan fingerprint density at radius 3 is 1.77 bits per heavy atom. The first-order valence-corrected chi connectivity index (χ1v) is 18.4. The molecule has 0 bridgehead atoms. The van der Waals surface area contributed by atoms with E-state index >= 15 is 0 Å². The number of rotatable bonds is 14. The van der Waals surface area contributed by atoms with Crippen LogP contribution in [0.5, 0.6) is 0 Å². The summed E-state index contributed by atoms with van der Waals surface area (Å²) in [5.74, 6) is 1.15. The van der Waals surface area contributed by atoms with E-state index in [0.717, 1.165) is 74.4 Å². The molecule has 4 amide bonds. The average molecular weight is 719 g/mol. The van der Waals surface area contributed by atoms with Crippen molar-refractivity contribution in [2.75, 3.05) is 27.3 Å². The highest BCUT2D eigenvalue weighted by molar-refractivity contribution is 5.87. The largest absolute Gasteiger partial charge is 0.453 e. The molecule has 14 nitrogen and oxygen atoms in total. The number of aromatic amines is 2. The van der Waals surface area contributed by atoms with Gasteiger partial charge >= 0.3 is 12.2 Å². The molecular weight excluding hydrogens is 664 g/mol. The number of ether oxygens (including phenoxy) is 2. The van der Waals surface area contributed by atoms with Crippen LogP contribution >= 0.6 is 0 Å². The fraction of sp³-hybridized carbons (Fsp3) is 0.579. The number of hydrogen-bond acceptors (Lipinski definition) is 8.